The lowest BCUT2D eigenvalue weighted by molar-refractivity contribution is 0.133. The van der Waals surface area contributed by atoms with Crippen LogP contribution in [0.2, 0.25) is 0 Å². The summed E-state index contributed by atoms with van der Waals surface area (Å²) in [5.74, 6) is 1.09. The van der Waals surface area contributed by atoms with Gasteiger partial charge < -0.3 is 9.47 Å². The Morgan fingerprint density at radius 3 is 2.79 bits per heavy atom. The number of aromatic nitrogens is 2. The van der Waals surface area contributed by atoms with Crippen molar-refractivity contribution in [2.75, 3.05) is 26.3 Å². The summed E-state index contributed by atoms with van der Waals surface area (Å²) in [7, 11) is 0. The average Bonchev–Trinajstić information content (AvgIpc) is 3.28. The number of hydrogen-bond donors (Lipinski definition) is 2. The molecule has 34 heavy (non-hydrogen) atoms. The van der Waals surface area contributed by atoms with Gasteiger partial charge in [0.05, 0.1) is 17.8 Å². The quantitative estimate of drug-likeness (QED) is 0.264. The first kappa shape index (κ1) is 22.4. The van der Waals surface area contributed by atoms with Crippen molar-refractivity contribution in [3.63, 3.8) is 0 Å². The zero-order chi connectivity index (χ0) is 23.5. The van der Waals surface area contributed by atoms with Crippen LogP contribution < -0.4 is 4.74 Å². The molecule has 1 aliphatic heterocycles. The maximum absolute atomic E-state index is 8.11. The summed E-state index contributed by atoms with van der Waals surface area (Å²) in [5, 5.41) is 19.0. The summed E-state index contributed by atoms with van der Waals surface area (Å²) in [6.45, 7) is 7.56. The van der Waals surface area contributed by atoms with E-state index in [1.54, 1.807) is 0 Å². The number of H-pyrrole nitrogens is 1. The fourth-order valence-electron chi connectivity index (χ4n) is 4.83. The first-order valence-electron chi connectivity index (χ1n) is 12.2. The van der Waals surface area contributed by atoms with Gasteiger partial charge in [-0.3, -0.25) is 15.4 Å². The van der Waals surface area contributed by atoms with Crippen LogP contribution in [0.3, 0.4) is 0 Å². The maximum Gasteiger partial charge on any atom is 0.213 e. The lowest BCUT2D eigenvalue weighted by Crippen LogP contribution is -2.39. The second-order valence-corrected chi connectivity index (χ2v) is 9.05. The zero-order valence-electron chi connectivity index (χ0n) is 19.9. The second kappa shape index (κ2) is 9.85. The number of likely N-dealkylation sites (tertiary alicyclic amines) is 1. The van der Waals surface area contributed by atoms with Crippen LogP contribution in [0.25, 0.3) is 32.9 Å². The van der Waals surface area contributed by atoms with Gasteiger partial charge >= 0.3 is 0 Å². The van der Waals surface area contributed by atoms with Gasteiger partial charge in [-0.1, -0.05) is 24.6 Å². The van der Waals surface area contributed by atoms with Gasteiger partial charge in [0, 0.05) is 29.1 Å². The van der Waals surface area contributed by atoms with Crippen molar-refractivity contribution in [2.24, 2.45) is 0 Å². The molecule has 6 nitrogen and oxygen atoms in total. The first-order valence-corrected chi connectivity index (χ1v) is 12.2. The van der Waals surface area contributed by atoms with E-state index in [1.165, 1.54) is 25.8 Å². The highest BCUT2D eigenvalue weighted by Gasteiger charge is 2.17. The molecular weight excluding hydrogens is 424 g/mol. The summed E-state index contributed by atoms with van der Waals surface area (Å²) in [6.07, 6.45) is 3.93. The summed E-state index contributed by atoms with van der Waals surface area (Å²) < 4.78 is 11.5. The highest BCUT2D eigenvalue weighted by molar-refractivity contribution is 6.01. The summed E-state index contributed by atoms with van der Waals surface area (Å²) in [4.78, 5) is 2.53. The molecule has 0 aliphatic carbocycles. The van der Waals surface area contributed by atoms with Gasteiger partial charge in [0.25, 0.3) is 0 Å². The molecule has 0 saturated carbocycles. The molecule has 1 aliphatic rings. The van der Waals surface area contributed by atoms with Gasteiger partial charge in [0.2, 0.25) is 5.90 Å². The van der Waals surface area contributed by atoms with Crippen molar-refractivity contribution in [1.29, 1.82) is 5.41 Å². The van der Waals surface area contributed by atoms with E-state index < -0.39 is 0 Å². The number of hydrogen-bond acceptors (Lipinski definition) is 5. The summed E-state index contributed by atoms with van der Waals surface area (Å²) in [6, 6.07) is 19.1. The number of piperidine rings is 1. The molecule has 0 bridgehead atoms. The topological polar surface area (TPSA) is 74.2 Å². The Morgan fingerprint density at radius 1 is 1.09 bits per heavy atom. The van der Waals surface area contributed by atoms with Gasteiger partial charge in [0.15, 0.2) is 0 Å². The Kier molecular flexibility index (Phi) is 6.50. The predicted octanol–water partition coefficient (Wildman–Crippen LogP) is 6.00. The Hall–Kier alpha value is -3.38. The molecule has 5 rings (SSSR count). The molecule has 6 heteroatoms. The molecule has 1 fully saturated rings. The lowest BCUT2D eigenvalue weighted by atomic mass is 10.0. The fourth-order valence-corrected chi connectivity index (χ4v) is 4.83. The molecule has 0 spiro atoms. The number of rotatable bonds is 7. The molecule has 2 N–H and O–H groups in total. The minimum absolute atomic E-state index is 0.178. The molecule has 4 aromatic rings. The number of benzene rings is 3. The normalized spacial score (nSPS) is 16.7. The zero-order valence-corrected chi connectivity index (χ0v) is 19.9. The molecule has 3 aromatic carbocycles. The standard InChI is InChI=1S/C28H32N4O2/c1-3-33-28(29)23-10-12-26-25(18-23)27(31-30-26)22-8-7-21-17-24(11-9-20(21)16-22)34-15-14-32-13-5-4-6-19(32)2/h7-12,16-19,29H,3-6,13-15H2,1-2H3,(H,30,31)/t19-/m0/s1. The first-order chi connectivity index (χ1) is 16.6. The molecule has 0 amide bonds. The molecular formula is C28H32N4O2. The van der Waals surface area contributed by atoms with E-state index in [0.717, 1.165) is 50.8 Å². The van der Waals surface area contributed by atoms with Crippen LogP contribution in [0.1, 0.15) is 38.7 Å². The number of aromatic amines is 1. The molecule has 176 valence electrons. The molecule has 0 radical (unpaired) electrons. The van der Waals surface area contributed by atoms with Crippen LogP contribution in [0.4, 0.5) is 0 Å². The fraction of sp³-hybridized carbons (Fsp3) is 0.357. The molecule has 1 atom stereocenters. The van der Waals surface area contributed by atoms with E-state index >= 15 is 0 Å². The smallest absolute Gasteiger partial charge is 0.213 e. The predicted molar refractivity (Wildman–Crippen MR) is 138 cm³/mol. The van der Waals surface area contributed by atoms with Crippen molar-refractivity contribution in [3.8, 4) is 17.0 Å². The van der Waals surface area contributed by atoms with Crippen molar-refractivity contribution in [1.82, 2.24) is 15.1 Å². The van der Waals surface area contributed by atoms with Crippen LogP contribution in [0, 0.1) is 5.41 Å². The number of ether oxygens (including phenoxy) is 2. The minimum Gasteiger partial charge on any atom is -0.492 e. The largest absolute Gasteiger partial charge is 0.492 e. The van der Waals surface area contributed by atoms with Gasteiger partial charge in [0.1, 0.15) is 12.4 Å². The molecule has 2 heterocycles. The molecule has 1 aromatic heterocycles. The highest BCUT2D eigenvalue weighted by atomic mass is 16.5. The van der Waals surface area contributed by atoms with Gasteiger partial charge in [-0.25, -0.2) is 0 Å². The van der Waals surface area contributed by atoms with E-state index in [2.05, 4.69) is 58.4 Å². The van der Waals surface area contributed by atoms with E-state index in [4.69, 9.17) is 14.9 Å². The third-order valence-electron chi connectivity index (χ3n) is 6.79. The van der Waals surface area contributed by atoms with E-state index in [1.807, 2.05) is 25.1 Å². The Morgan fingerprint density at radius 2 is 1.94 bits per heavy atom. The third-order valence-corrected chi connectivity index (χ3v) is 6.79. The molecule has 0 unspecified atom stereocenters. The van der Waals surface area contributed by atoms with Crippen LogP contribution >= 0.6 is 0 Å². The lowest BCUT2D eigenvalue weighted by Gasteiger charge is -2.33. The number of nitrogens with zero attached hydrogens (tertiary/aromatic N) is 2. The van der Waals surface area contributed by atoms with Crippen molar-refractivity contribution in [3.05, 3.63) is 60.2 Å². The summed E-state index contributed by atoms with van der Waals surface area (Å²) >= 11 is 0. The van der Waals surface area contributed by atoms with E-state index in [9.17, 15) is 0 Å². The number of fused-ring (bicyclic) bond motifs is 2. The molecule has 1 saturated heterocycles. The van der Waals surface area contributed by atoms with Crippen LogP contribution in [0.15, 0.2) is 54.6 Å². The Labute approximate surface area is 200 Å². The Bertz CT molecular complexity index is 1310. The summed E-state index contributed by atoms with van der Waals surface area (Å²) in [5.41, 5.74) is 3.60. The minimum atomic E-state index is 0.178. The maximum atomic E-state index is 8.11. The van der Waals surface area contributed by atoms with Crippen molar-refractivity contribution >= 4 is 27.6 Å². The van der Waals surface area contributed by atoms with Crippen LogP contribution in [-0.2, 0) is 4.74 Å². The number of nitrogens with one attached hydrogen (secondary N) is 2. The van der Waals surface area contributed by atoms with Crippen molar-refractivity contribution in [2.45, 2.75) is 39.2 Å². The monoisotopic (exact) mass is 456 g/mol. The average molecular weight is 457 g/mol. The van der Waals surface area contributed by atoms with Crippen molar-refractivity contribution < 1.29 is 9.47 Å². The van der Waals surface area contributed by atoms with E-state index in [0.29, 0.717) is 19.3 Å². The van der Waals surface area contributed by atoms with Gasteiger partial charge in [-0.2, -0.15) is 5.10 Å². The second-order valence-electron chi connectivity index (χ2n) is 9.05. The third kappa shape index (κ3) is 4.64. The Balaban J connectivity index is 1.34. The van der Waals surface area contributed by atoms with Crippen LogP contribution in [-0.4, -0.2) is 53.3 Å². The van der Waals surface area contributed by atoms with E-state index in [-0.39, 0.29) is 5.90 Å². The van der Waals surface area contributed by atoms with Gasteiger partial charge in [-0.05, 0) is 80.4 Å². The van der Waals surface area contributed by atoms with Gasteiger partial charge in [-0.15, -0.1) is 0 Å². The highest BCUT2D eigenvalue weighted by Crippen LogP contribution is 2.31. The van der Waals surface area contributed by atoms with Crippen LogP contribution in [0.5, 0.6) is 5.75 Å². The SMILES string of the molecule is CCOC(=N)c1ccc2[nH]nc(-c3ccc4cc(OCCN5CCCC[C@@H]5C)ccc4c3)c2c1.